The normalized spacial score (nSPS) is 18.1. The standard InChI is InChI=1S/C20H31N3O4/c1-3-27-18-8-4-6-16(12-18)13-21-19(24)14-23-10-5-7-17(9-11-23)22(2)15-20(25)26/h4,6,8,12,17H,3,5,7,9-11,13-15H2,1-2H3,(H,21,24)(H,25,26). The number of nitrogens with one attached hydrogen (secondary N) is 1. The summed E-state index contributed by atoms with van der Waals surface area (Å²) >= 11 is 0. The van der Waals surface area contributed by atoms with Crippen LogP contribution in [0.25, 0.3) is 0 Å². The van der Waals surface area contributed by atoms with Crippen molar-refractivity contribution in [3.05, 3.63) is 29.8 Å². The molecule has 1 aliphatic rings. The minimum atomic E-state index is -0.800. The van der Waals surface area contributed by atoms with Crippen LogP contribution in [0.2, 0.25) is 0 Å². The first-order valence-electron chi connectivity index (χ1n) is 9.60. The molecule has 2 N–H and O–H groups in total. The highest BCUT2D eigenvalue weighted by Gasteiger charge is 2.22. The molecule has 7 nitrogen and oxygen atoms in total. The Labute approximate surface area is 161 Å². The first-order valence-corrected chi connectivity index (χ1v) is 9.60. The number of rotatable bonds is 9. The van der Waals surface area contributed by atoms with Crippen LogP contribution >= 0.6 is 0 Å². The molecule has 2 rings (SSSR count). The second-order valence-electron chi connectivity index (χ2n) is 7.03. The van der Waals surface area contributed by atoms with Crippen LogP contribution in [0.3, 0.4) is 0 Å². The Hall–Kier alpha value is -2.12. The van der Waals surface area contributed by atoms with Crippen molar-refractivity contribution < 1.29 is 19.4 Å². The topological polar surface area (TPSA) is 82.1 Å². The monoisotopic (exact) mass is 377 g/mol. The van der Waals surface area contributed by atoms with E-state index >= 15 is 0 Å². The molecule has 1 heterocycles. The lowest BCUT2D eigenvalue weighted by atomic mass is 10.1. The van der Waals surface area contributed by atoms with Crippen LogP contribution < -0.4 is 10.1 Å². The number of hydrogen-bond donors (Lipinski definition) is 2. The van der Waals surface area contributed by atoms with Crippen molar-refractivity contribution in [2.24, 2.45) is 0 Å². The second kappa shape index (κ2) is 10.9. The fourth-order valence-corrected chi connectivity index (χ4v) is 3.45. The highest BCUT2D eigenvalue weighted by Crippen LogP contribution is 2.16. The van der Waals surface area contributed by atoms with Gasteiger partial charge in [-0.1, -0.05) is 12.1 Å². The summed E-state index contributed by atoms with van der Waals surface area (Å²) in [6, 6.07) is 8.00. The van der Waals surface area contributed by atoms with Gasteiger partial charge in [-0.2, -0.15) is 0 Å². The van der Waals surface area contributed by atoms with E-state index in [1.165, 1.54) is 0 Å². The van der Waals surface area contributed by atoms with Crippen molar-refractivity contribution in [3.8, 4) is 5.75 Å². The van der Waals surface area contributed by atoms with E-state index in [9.17, 15) is 9.59 Å². The number of carbonyl (C=O) groups is 2. The van der Waals surface area contributed by atoms with Crippen LogP contribution in [0.5, 0.6) is 5.75 Å². The van der Waals surface area contributed by atoms with E-state index in [4.69, 9.17) is 9.84 Å². The number of carbonyl (C=O) groups excluding carboxylic acids is 1. The van der Waals surface area contributed by atoms with Crippen molar-refractivity contribution in [1.82, 2.24) is 15.1 Å². The number of hydrogen-bond acceptors (Lipinski definition) is 5. The van der Waals surface area contributed by atoms with Crippen LogP contribution in [0.4, 0.5) is 0 Å². The van der Waals surface area contributed by atoms with Gasteiger partial charge in [-0.15, -0.1) is 0 Å². The number of amides is 1. The summed E-state index contributed by atoms with van der Waals surface area (Å²) in [6.45, 7) is 5.16. The predicted octanol–water partition coefficient (Wildman–Crippen LogP) is 1.57. The highest BCUT2D eigenvalue weighted by atomic mass is 16.5. The zero-order valence-corrected chi connectivity index (χ0v) is 16.3. The zero-order chi connectivity index (χ0) is 19.6. The largest absolute Gasteiger partial charge is 0.494 e. The third-order valence-electron chi connectivity index (χ3n) is 4.86. The van der Waals surface area contributed by atoms with Crippen LogP contribution in [-0.4, -0.2) is 72.7 Å². The molecule has 1 saturated heterocycles. The molecule has 1 aromatic carbocycles. The van der Waals surface area contributed by atoms with Crippen molar-refractivity contribution in [1.29, 1.82) is 0 Å². The van der Waals surface area contributed by atoms with Gasteiger partial charge in [-0.3, -0.25) is 19.4 Å². The molecule has 0 aliphatic carbocycles. The zero-order valence-electron chi connectivity index (χ0n) is 16.3. The van der Waals surface area contributed by atoms with Crippen molar-refractivity contribution in [3.63, 3.8) is 0 Å². The minimum absolute atomic E-state index is 0.00848. The average Bonchev–Trinajstić information content (AvgIpc) is 2.86. The summed E-state index contributed by atoms with van der Waals surface area (Å²) in [5, 5.41) is 11.9. The molecule has 7 heteroatoms. The number of ether oxygens (including phenoxy) is 1. The molecule has 0 aromatic heterocycles. The van der Waals surface area contributed by atoms with E-state index in [1.807, 2.05) is 43.1 Å². The van der Waals surface area contributed by atoms with Gasteiger partial charge in [-0.05, 0) is 57.5 Å². The first-order chi connectivity index (χ1) is 13.0. The molecule has 1 aromatic rings. The van der Waals surface area contributed by atoms with E-state index in [2.05, 4.69) is 10.2 Å². The van der Waals surface area contributed by atoms with Gasteiger partial charge in [0.15, 0.2) is 0 Å². The van der Waals surface area contributed by atoms with E-state index in [0.717, 1.165) is 43.7 Å². The third kappa shape index (κ3) is 7.56. The maximum Gasteiger partial charge on any atom is 0.317 e. The quantitative estimate of drug-likeness (QED) is 0.680. The van der Waals surface area contributed by atoms with Crippen molar-refractivity contribution in [2.45, 2.75) is 38.8 Å². The Morgan fingerprint density at radius 1 is 1.33 bits per heavy atom. The van der Waals surface area contributed by atoms with Crippen LogP contribution in [0.1, 0.15) is 31.7 Å². The van der Waals surface area contributed by atoms with Gasteiger partial charge in [-0.25, -0.2) is 0 Å². The molecule has 0 radical (unpaired) electrons. The molecule has 1 aliphatic heterocycles. The van der Waals surface area contributed by atoms with Crippen LogP contribution in [0.15, 0.2) is 24.3 Å². The molecule has 1 unspecified atom stereocenters. The summed E-state index contributed by atoms with van der Waals surface area (Å²) in [5.41, 5.74) is 1.01. The van der Waals surface area contributed by atoms with Crippen LogP contribution in [-0.2, 0) is 16.1 Å². The van der Waals surface area contributed by atoms with Crippen molar-refractivity contribution in [2.75, 3.05) is 39.8 Å². The van der Waals surface area contributed by atoms with Gasteiger partial charge in [0.25, 0.3) is 0 Å². The number of benzene rings is 1. The molecule has 1 fully saturated rings. The Morgan fingerprint density at radius 3 is 2.89 bits per heavy atom. The number of aliphatic carboxylic acids is 1. The Morgan fingerprint density at radius 2 is 2.15 bits per heavy atom. The van der Waals surface area contributed by atoms with Gasteiger partial charge in [0.1, 0.15) is 5.75 Å². The Bertz CT molecular complexity index is 623. The molecular formula is C20H31N3O4. The van der Waals surface area contributed by atoms with Gasteiger partial charge >= 0.3 is 5.97 Å². The van der Waals surface area contributed by atoms with Crippen molar-refractivity contribution >= 4 is 11.9 Å². The molecular weight excluding hydrogens is 346 g/mol. The smallest absolute Gasteiger partial charge is 0.317 e. The number of likely N-dealkylation sites (N-methyl/N-ethyl adjacent to an activating group) is 1. The second-order valence-corrected chi connectivity index (χ2v) is 7.03. The average molecular weight is 377 g/mol. The number of carboxylic acid groups (broad SMARTS) is 1. The fourth-order valence-electron chi connectivity index (χ4n) is 3.45. The van der Waals surface area contributed by atoms with Gasteiger partial charge in [0, 0.05) is 19.1 Å². The summed E-state index contributed by atoms with van der Waals surface area (Å²) in [4.78, 5) is 27.2. The lowest BCUT2D eigenvalue weighted by molar-refractivity contribution is -0.138. The molecule has 0 spiro atoms. The number of likely N-dealkylation sites (tertiary alicyclic amines) is 1. The number of carboxylic acids is 1. The lowest BCUT2D eigenvalue weighted by Crippen LogP contribution is -2.39. The van der Waals surface area contributed by atoms with E-state index in [-0.39, 0.29) is 18.5 Å². The highest BCUT2D eigenvalue weighted by molar-refractivity contribution is 5.78. The summed E-state index contributed by atoms with van der Waals surface area (Å²) < 4.78 is 5.48. The van der Waals surface area contributed by atoms with E-state index in [0.29, 0.717) is 19.7 Å². The lowest BCUT2D eigenvalue weighted by Gasteiger charge is -2.25. The Kier molecular flexibility index (Phi) is 8.54. The van der Waals surface area contributed by atoms with Gasteiger partial charge in [0.05, 0.1) is 19.7 Å². The Balaban J connectivity index is 1.75. The first kappa shape index (κ1) is 21.2. The molecule has 0 bridgehead atoms. The number of nitrogens with zero attached hydrogens (tertiary/aromatic N) is 2. The molecule has 0 saturated carbocycles. The van der Waals surface area contributed by atoms with Crippen LogP contribution in [0, 0.1) is 0 Å². The third-order valence-corrected chi connectivity index (χ3v) is 4.86. The van der Waals surface area contributed by atoms with E-state index in [1.54, 1.807) is 0 Å². The SMILES string of the molecule is CCOc1cccc(CNC(=O)CN2CCCC(N(C)CC(=O)O)CC2)c1. The van der Waals surface area contributed by atoms with Gasteiger partial charge < -0.3 is 15.2 Å². The maximum absolute atomic E-state index is 12.3. The summed E-state index contributed by atoms with van der Waals surface area (Å²) in [6.07, 6.45) is 2.82. The molecule has 1 amide bonds. The maximum atomic E-state index is 12.3. The molecule has 27 heavy (non-hydrogen) atoms. The molecule has 150 valence electrons. The minimum Gasteiger partial charge on any atom is -0.494 e. The summed E-state index contributed by atoms with van der Waals surface area (Å²) in [5.74, 6) is 0.0221. The predicted molar refractivity (Wildman–Crippen MR) is 104 cm³/mol. The van der Waals surface area contributed by atoms with E-state index < -0.39 is 5.97 Å². The molecule has 1 atom stereocenters. The summed E-state index contributed by atoms with van der Waals surface area (Å²) in [7, 11) is 1.86. The van der Waals surface area contributed by atoms with Gasteiger partial charge in [0.2, 0.25) is 5.91 Å². The fraction of sp³-hybridized carbons (Fsp3) is 0.600.